The first kappa shape index (κ1) is 21.8. The zero-order chi connectivity index (χ0) is 21.2. The molecule has 0 heterocycles. The average Bonchev–Trinajstić information content (AvgIpc) is 2.73. The maximum absolute atomic E-state index is 12.8. The van der Waals surface area contributed by atoms with E-state index < -0.39 is 12.0 Å². The lowest BCUT2D eigenvalue weighted by Crippen LogP contribution is -2.17. The fourth-order valence-electron chi connectivity index (χ4n) is 2.45. The van der Waals surface area contributed by atoms with Crippen molar-refractivity contribution in [1.82, 2.24) is 0 Å². The fourth-order valence-corrected chi connectivity index (χ4v) is 2.45. The molecule has 0 radical (unpaired) electrons. The van der Waals surface area contributed by atoms with E-state index in [1.165, 1.54) is 34.5 Å². The highest BCUT2D eigenvalue weighted by Crippen LogP contribution is 2.35. The number of benzene rings is 2. The normalized spacial score (nSPS) is 10.1. The molecule has 0 saturated carbocycles. The van der Waals surface area contributed by atoms with Gasteiger partial charge in [-0.15, -0.1) is 0 Å². The van der Waals surface area contributed by atoms with Crippen molar-refractivity contribution < 1.29 is 33.3 Å². The van der Waals surface area contributed by atoms with Crippen LogP contribution in [0.5, 0.6) is 17.2 Å². The van der Waals surface area contributed by atoms with Crippen LogP contribution in [-0.2, 0) is 9.47 Å². The van der Waals surface area contributed by atoms with E-state index in [1.54, 1.807) is 30.3 Å². The summed E-state index contributed by atoms with van der Waals surface area (Å²) in [4.78, 5) is 24.5. The first-order valence-corrected chi connectivity index (χ1v) is 8.66. The van der Waals surface area contributed by atoms with Crippen molar-refractivity contribution in [1.29, 1.82) is 0 Å². The van der Waals surface area contributed by atoms with Crippen LogP contribution < -0.4 is 24.8 Å². The van der Waals surface area contributed by atoms with E-state index >= 15 is 0 Å². The molecule has 29 heavy (non-hydrogen) atoms. The lowest BCUT2D eigenvalue weighted by atomic mass is 10.1. The Morgan fingerprint density at radius 2 is 1.41 bits per heavy atom. The lowest BCUT2D eigenvalue weighted by molar-refractivity contribution is 0.102. The summed E-state index contributed by atoms with van der Waals surface area (Å²) >= 11 is 0. The van der Waals surface area contributed by atoms with E-state index in [0.717, 1.165) is 0 Å². The Morgan fingerprint density at radius 1 is 0.793 bits per heavy atom. The minimum absolute atomic E-state index is 0.137. The van der Waals surface area contributed by atoms with E-state index in [9.17, 15) is 9.59 Å². The average molecular weight is 404 g/mol. The Hall–Kier alpha value is -3.46. The molecule has 9 nitrogen and oxygen atoms in total. The molecule has 2 amide bonds. The van der Waals surface area contributed by atoms with Gasteiger partial charge in [0.2, 0.25) is 0 Å². The molecular formula is C20H24N2O7. The zero-order valence-electron chi connectivity index (χ0n) is 16.7. The summed E-state index contributed by atoms with van der Waals surface area (Å²) in [6.45, 7) is 0.439. The number of methoxy groups -OCH3 is 4. The van der Waals surface area contributed by atoms with Crippen LogP contribution in [0.4, 0.5) is 16.2 Å². The molecule has 0 aromatic heterocycles. The largest absolute Gasteiger partial charge is 0.496 e. The second kappa shape index (κ2) is 10.8. The summed E-state index contributed by atoms with van der Waals surface area (Å²) in [6.07, 6.45) is -0.618. The first-order valence-electron chi connectivity index (χ1n) is 8.66. The highest BCUT2D eigenvalue weighted by molar-refractivity contribution is 6.07. The Morgan fingerprint density at radius 3 is 2.03 bits per heavy atom. The predicted molar refractivity (Wildman–Crippen MR) is 107 cm³/mol. The molecule has 2 aromatic carbocycles. The van der Waals surface area contributed by atoms with E-state index in [-0.39, 0.29) is 12.2 Å². The van der Waals surface area contributed by atoms with Crippen LogP contribution in [0, 0.1) is 0 Å². The van der Waals surface area contributed by atoms with Crippen molar-refractivity contribution in [2.75, 3.05) is 52.3 Å². The molecule has 0 atom stereocenters. The monoisotopic (exact) mass is 404 g/mol. The zero-order valence-corrected chi connectivity index (χ0v) is 16.7. The van der Waals surface area contributed by atoms with Crippen LogP contribution in [0.15, 0.2) is 36.4 Å². The molecular weight excluding hydrogens is 380 g/mol. The Kier molecular flexibility index (Phi) is 8.11. The molecule has 9 heteroatoms. The van der Waals surface area contributed by atoms with Gasteiger partial charge in [-0.1, -0.05) is 6.07 Å². The molecule has 0 aliphatic carbocycles. The van der Waals surface area contributed by atoms with E-state index in [1.807, 2.05) is 0 Å². The molecule has 0 aliphatic heterocycles. The number of hydrogen-bond donors (Lipinski definition) is 2. The van der Waals surface area contributed by atoms with Gasteiger partial charge in [-0.2, -0.15) is 0 Å². The van der Waals surface area contributed by atoms with Gasteiger partial charge in [-0.3, -0.25) is 10.1 Å². The first-order chi connectivity index (χ1) is 14.0. The number of amides is 2. The van der Waals surface area contributed by atoms with Gasteiger partial charge in [-0.25, -0.2) is 4.79 Å². The number of hydrogen-bond acceptors (Lipinski definition) is 7. The van der Waals surface area contributed by atoms with E-state index in [0.29, 0.717) is 35.2 Å². The molecule has 0 aliphatic rings. The topological polar surface area (TPSA) is 104 Å². The number of nitrogens with one attached hydrogen (secondary N) is 2. The van der Waals surface area contributed by atoms with Crippen molar-refractivity contribution in [2.45, 2.75) is 0 Å². The van der Waals surface area contributed by atoms with Gasteiger partial charge in [0.1, 0.15) is 12.4 Å². The third-order valence-electron chi connectivity index (χ3n) is 3.84. The predicted octanol–water partition coefficient (Wildman–Crippen LogP) is 3.16. The third kappa shape index (κ3) is 6.01. The highest BCUT2D eigenvalue weighted by Gasteiger charge is 2.18. The number of anilines is 2. The molecule has 2 rings (SSSR count). The Bertz CT molecular complexity index is 855. The van der Waals surface area contributed by atoms with Crippen molar-refractivity contribution in [2.24, 2.45) is 0 Å². The fraction of sp³-hybridized carbons (Fsp3) is 0.300. The van der Waals surface area contributed by atoms with E-state index in [2.05, 4.69) is 10.6 Å². The maximum Gasteiger partial charge on any atom is 0.411 e. The van der Waals surface area contributed by atoms with Gasteiger partial charge < -0.3 is 29.0 Å². The van der Waals surface area contributed by atoms with Crippen LogP contribution >= 0.6 is 0 Å². The molecule has 2 N–H and O–H groups in total. The summed E-state index contributed by atoms with van der Waals surface area (Å²) in [5.41, 5.74) is 1.20. The van der Waals surface area contributed by atoms with Gasteiger partial charge in [0, 0.05) is 30.6 Å². The van der Waals surface area contributed by atoms with Crippen molar-refractivity contribution >= 4 is 23.4 Å². The SMILES string of the molecule is COCCOC(=O)Nc1cccc(NC(=O)c2cc(OC)c(OC)cc2OC)c1. The van der Waals surface area contributed by atoms with Crippen molar-refractivity contribution in [3.05, 3.63) is 42.0 Å². The number of carbonyl (C=O) groups is 2. The quantitative estimate of drug-likeness (QED) is 0.619. The van der Waals surface area contributed by atoms with Crippen LogP contribution in [0.2, 0.25) is 0 Å². The van der Waals surface area contributed by atoms with Crippen LogP contribution in [0.25, 0.3) is 0 Å². The minimum Gasteiger partial charge on any atom is -0.496 e. The second-order valence-electron chi connectivity index (χ2n) is 5.70. The van der Waals surface area contributed by atoms with Crippen LogP contribution in [0.1, 0.15) is 10.4 Å². The summed E-state index contributed by atoms with van der Waals surface area (Å²) in [7, 11) is 5.95. The Labute approximate surface area is 168 Å². The molecule has 0 fully saturated rings. The number of rotatable bonds is 9. The van der Waals surface area contributed by atoms with Gasteiger partial charge >= 0.3 is 6.09 Å². The smallest absolute Gasteiger partial charge is 0.411 e. The van der Waals surface area contributed by atoms with E-state index in [4.69, 9.17) is 23.7 Å². The van der Waals surface area contributed by atoms with Crippen LogP contribution in [0.3, 0.4) is 0 Å². The molecule has 156 valence electrons. The van der Waals surface area contributed by atoms with Gasteiger partial charge in [0.05, 0.1) is 33.5 Å². The van der Waals surface area contributed by atoms with Crippen molar-refractivity contribution in [3.8, 4) is 17.2 Å². The van der Waals surface area contributed by atoms with Gasteiger partial charge in [-0.05, 0) is 18.2 Å². The molecule has 0 spiro atoms. The Balaban J connectivity index is 2.14. The standard InChI is InChI=1S/C20H24N2O7/c1-25-8-9-29-20(24)22-14-7-5-6-13(10-14)21-19(23)15-11-17(27-3)18(28-4)12-16(15)26-2/h5-7,10-12H,8-9H2,1-4H3,(H,21,23)(H,22,24). The lowest BCUT2D eigenvalue weighted by Gasteiger charge is -2.14. The van der Waals surface area contributed by atoms with Gasteiger partial charge in [0.25, 0.3) is 5.91 Å². The molecule has 0 saturated heterocycles. The summed E-state index contributed by atoms with van der Waals surface area (Å²) in [5, 5.41) is 5.34. The van der Waals surface area contributed by atoms with Crippen molar-refractivity contribution in [3.63, 3.8) is 0 Å². The minimum atomic E-state index is -0.618. The summed E-state index contributed by atoms with van der Waals surface area (Å²) < 4.78 is 25.5. The van der Waals surface area contributed by atoms with Gasteiger partial charge in [0.15, 0.2) is 11.5 Å². The maximum atomic E-state index is 12.8. The molecule has 2 aromatic rings. The second-order valence-corrected chi connectivity index (χ2v) is 5.70. The molecule has 0 unspecified atom stereocenters. The highest BCUT2D eigenvalue weighted by atomic mass is 16.6. The van der Waals surface area contributed by atoms with Crippen LogP contribution in [-0.4, -0.2) is 53.7 Å². The summed E-state index contributed by atoms with van der Waals surface area (Å²) in [5.74, 6) is 0.755. The third-order valence-corrected chi connectivity index (χ3v) is 3.84. The number of carbonyl (C=O) groups excluding carboxylic acids is 2. The summed E-state index contributed by atoms with van der Waals surface area (Å²) in [6, 6.07) is 9.75. The molecule has 0 bridgehead atoms. The number of ether oxygens (including phenoxy) is 5.